The molecule has 0 bridgehead atoms. The van der Waals surface area contributed by atoms with Crippen LogP contribution in [0.2, 0.25) is 0 Å². The summed E-state index contributed by atoms with van der Waals surface area (Å²) in [5.41, 5.74) is 1.69. The van der Waals surface area contributed by atoms with Gasteiger partial charge in [-0.15, -0.1) is 0 Å². The summed E-state index contributed by atoms with van der Waals surface area (Å²) >= 11 is 0.0491. The number of aromatic nitrogens is 2. The van der Waals surface area contributed by atoms with Crippen molar-refractivity contribution < 1.29 is 9.47 Å². The van der Waals surface area contributed by atoms with Gasteiger partial charge in [0.2, 0.25) is 0 Å². The van der Waals surface area contributed by atoms with Gasteiger partial charge in [-0.05, 0) is 6.54 Å². The number of benzene rings is 1. The third-order valence-corrected chi connectivity index (χ3v) is 7.36. The van der Waals surface area contributed by atoms with Crippen LogP contribution in [-0.2, 0) is 5.60 Å². The van der Waals surface area contributed by atoms with Gasteiger partial charge in [0.15, 0.2) is 0 Å². The van der Waals surface area contributed by atoms with Crippen molar-refractivity contribution in [1.82, 2.24) is 19.0 Å². The van der Waals surface area contributed by atoms with Crippen LogP contribution in [0, 0.1) is 0 Å². The molecule has 0 aliphatic carbocycles. The van der Waals surface area contributed by atoms with Crippen LogP contribution >= 0.6 is 0 Å². The molecule has 0 radical (unpaired) electrons. The van der Waals surface area contributed by atoms with Crippen LogP contribution in [0.1, 0.15) is 25.2 Å². The molecule has 0 amide bonds. The van der Waals surface area contributed by atoms with Crippen molar-refractivity contribution >= 4 is 14.7 Å². The van der Waals surface area contributed by atoms with Crippen molar-refractivity contribution in [2.24, 2.45) is 0 Å². The molecule has 140 valence electrons. The van der Waals surface area contributed by atoms with E-state index in [2.05, 4.69) is 45.8 Å². The first-order valence-corrected chi connectivity index (χ1v) is 10.9. The van der Waals surface area contributed by atoms with Crippen molar-refractivity contribution in [3.8, 4) is 22.8 Å². The van der Waals surface area contributed by atoms with Gasteiger partial charge in [-0.2, -0.15) is 0 Å². The second kappa shape index (κ2) is 7.31. The van der Waals surface area contributed by atoms with Gasteiger partial charge in [0.05, 0.1) is 0 Å². The van der Waals surface area contributed by atoms with Crippen LogP contribution in [0.25, 0.3) is 11.3 Å². The Hall–Kier alpha value is -1.40. The van der Waals surface area contributed by atoms with Gasteiger partial charge < -0.3 is 4.90 Å². The number of hydrogen-bond donors (Lipinski definition) is 0. The molecular formula is C19H26N4O2Se. The molecule has 2 aromatic rings. The monoisotopic (exact) mass is 422 g/mol. The molecule has 4 rings (SSSR count). The van der Waals surface area contributed by atoms with Gasteiger partial charge in [0.1, 0.15) is 0 Å². The summed E-state index contributed by atoms with van der Waals surface area (Å²) in [5.74, 6) is 1.70. The van der Waals surface area contributed by atoms with E-state index in [-0.39, 0.29) is 20.3 Å². The van der Waals surface area contributed by atoms with Crippen molar-refractivity contribution in [3.05, 3.63) is 22.6 Å². The average Bonchev–Trinajstić information content (AvgIpc) is 3.13. The Balaban J connectivity index is 1.38. The third-order valence-electron chi connectivity index (χ3n) is 5.20. The fourth-order valence-corrected chi connectivity index (χ4v) is 5.05. The summed E-state index contributed by atoms with van der Waals surface area (Å²) in [6.07, 6.45) is 0. The van der Waals surface area contributed by atoms with Crippen LogP contribution in [0.5, 0.6) is 11.5 Å². The Kier molecular flexibility index (Phi) is 5.06. The summed E-state index contributed by atoms with van der Waals surface area (Å²) in [6, 6.07) is 6.06. The van der Waals surface area contributed by atoms with E-state index in [1.807, 2.05) is 12.1 Å². The molecular weight excluding hydrogens is 395 g/mol. The number of ether oxygens (including phenoxy) is 2. The maximum atomic E-state index is 6.24. The molecule has 0 unspecified atom stereocenters. The molecule has 2 aliphatic rings. The van der Waals surface area contributed by atoms with Crippen molar-refractivity contribution in [2.45, 2.75) is 26.4 Å². The standard InChI is InChI=1S/C19H26N4O2Se/c1-4-22-7-9-23(10-8-22)11-12-24-14-5-6-15-16(13-14)25-19(2,3)18-17(15)20-21-26-18/h5-6,13H,4,7-12H2,1-3H3. The molecule has 0 spiro atoms. The summed E-state index contributed by atoms with van der Waals surface area (Å²) in [4.78, 5) is 4.97. The predicted molar refractivity (Wildman–Crippen MR) is 102 cm³/mol. The van der Waals surface area contributed by atoms with Gasteiger partial charge >= 0.3 is 142 Å². The van der Waals surface area contributed by atoms with Crippen molar-refractivity contribution in [3.63, 3.8) is 0 Å². The third kappa shape index (κ3) is 3.54. The first-order chi connectivity index (χ1) is 12.6. The molecule has 2 aliphatic heterocycles. The molecule has 6 nitrogen and oxygen atoms in total. The van der Waals surface area contributed by atoms with Gasteiger partial charge in [0, 0.05) is 0 Å². The molecule has 1 aromatic heterocycles. The second-order valence-corrected chi connectivity index (χ2v) is 8.93. The van der Waals surface area contributed by atoms with E-state index in [0.717, 1.165) is 62.0 Å². The molecule has 0 atom stereocenters. The fourth-order valence-electron chi connectivity index (χ4n) is 3.58. The van der Waals surface area contributed by atoms with Gasteiger partial charge in [-0.3, -0.25) is 0 Å². The Morgan fingerprint density at radius 2 is 1.96 bits per heavy atom. The number of piperazine rings is 1. The van der Waals surface area contributed by atoms with Gasteiger partial charge in [0.25, 0.3) is 0 Å². The van der Waals surface area contributed by atoms with Crippen LogP contribution in [0.3, 0.4) is 0 Å². The summed E-state index contributed by atoms with van der Waals surface area (Å²) in [6.45, 7) is 13.8. The van der Waals surface area contributed by atoms with Crippen LogP contribution in [0.15, 0.2) is 18.2 Å². The Morgan fingerprint density at radius 1 is 1.19 bits per heavy atom. The topological polar surface area (TPSA) is 50.7 Å². The number of nitrogens with zero attached hydrogens (tertiary/aromatic N) is 4. The molecule has 0 N–H and O–H groups in total. The van der Waals surface area contributed by atoms with E-state index in [1.165, 1.54) is 4.44 Å². The molecule has 1 saturated heterocycles. The van der Waals surface area contributed by atoms with Crippen LogP contribution < -0.4 is 9.47 Å². The van der Waals surface area contributed by atoms with Crippen LogP contribution in [0.4, 0.5) is 0 Å². The molecule has 0 saturated carbocycles. The zero-order valence-electron chi connectivity index (χ0n) is 15.7. The number of likely N-dealkylation sites (N-methyl/N-ethyl adjacent to an activating group) is 1. The molecule has 1 aromatic carbocycles. The molecule has 7 heteroatoms. The quantitative estimate of drug-likeness (QED) is 0.687. The molecule has 1 fully saturated rings. The maximum absolute atomic E-state index is 6.24. The Labute approximate surface area is 161 Å². The second-order valence-electron chi connectivity index (χ2n) is 7.35. The Bertz CT molecular complexity index is 769. The minimum absolute atomic E-state index is 0.0491. The van der Waals surface area contributed by atoms with Gasteiger partial charge in [-0.1, -0.05) is 6.92 Å². The van der Waals surface area contributed by atoms with Gasteiger partial charge in [-0.25, -0.2) is 0 Å². The van der Waals surface area contributed by atoms with E-state index in [4.69, 9.17) is 9.47 Å². The Morgan fingerprint density at radius 3 is 2.73 bits per heavy atom. The summed E-state index contributed by atoms with van der Waals surface area (Å²) in [5, 5.41) is 4.36. The van der Waals surface area contributed by atoms with E-state index in [0.29, 0.717) is 6.61 Å². The SMILES string of the molecule is CCN1CCN(CCOc2ccc3c(c2)OC(C)(C)c2[se]nnc2-3)CC1. The first-order valence-electron chi connectivity index (χ1n) is 9.30. The molecule has 3 heterocycles. The van der Waals surface area contributed by atoms with Crippen molar-refractivity contribution in [1.29, 1.82) is 0 Å². The predicted octanol–water partition coefficient (Wildman–Crippen LogP) is 1.84. The first kappa shape index (κ1) is 18.0. The minimum atomic E-state index is -0.344. The number of hydrogen-bond acceptors (Lipinski definition) is 6. The number of rotatable bonds is 5. The van der Waals surface area contributed by atoms with Crippen molar-refractivity contribution in [2.75, 3.05) is 45.9 Å². The fraction of sp³-hybridized carbons (Fsp3) is 0.579. The summed E-state index contributed by atoms with van der Waals surface area (Å²) in [7, 11) is 0. The molecule has 26 heavy (non-hydrogen) atoms. The number of fused-ring (bicyclic) bond motifs is 3. The zero-order valence-corrected chi connectivity index (χ0v) is 17.4. The zero-order chi connectivity index (χ0) is 18.1. The van der Waals surface area contributed by atoms with E-state index < -0.39 is 0 Å². The average molecular weight is 421 g/mol. The van der Waals surface area contributed by atoms with E-state index in [9.17, 15) is 0 Å². The van der Waals surface area contributed by atoms with E-state index >= 15 is 0 Å². The van der Waals surface area contributed by atoms with Crippen LogP contribution in [-0.4, -0.2) is 79.6 Å². The summed E-state index contributed by atoms with van der Waals surface area (Å²) < 4.78 is 17.7. The van der Waals surface area contributed by atoms with E-state index in [1.54, 1.807) is 0 Å². The normalized spacial score (nSPS) is 19.5.